The van der Waals surface area contributed by atoms with E-state index in [1.807, 2.05) is 0 Å². The van der Waals surface area contributed by atoms with Gasteiger partial charge in [-0.05, 0) is 12.1 Å². The lowest BCUT2D eigenvalue weighted by Gasteiger charge is -2.28. The number of ether oxygens (including phenoxy) is 1. The molecule has 0 unspecified atom stereocenters. The zero-order valence-electron chi connectivity index (χ0n) is 16.0. The Hall–Kier alpha value is -1.75. The van der Waals surface area contributed by atoms with Gasteiger partial charge >= 0.3 is 0 Å². The number of H-pyrrole nitrogens is 1. The SMILES string of the molecule is [2H]C1([2H])OC([2H])([2H])C([2H])([2H])N(c2ccc3cc(=O)[nH]n3c2)C1([2H])[2H]. The van der Waals surface area contributed by atoms with Crippen molar-refractivity contribution in [3.63, 3.8) is 0 Å². The Balaban J connectivity index is 2.24. The van der Waals surface area contributed by atoms with Crippen LogP contribution in [-0.2, 0) is 4.74 Å². The highest BCUT2D eigenvalue weighted by atomic mass is 16.5. The Kier molecular flexibility index (Phi) is 0.978. The number of aromatic nitrogens is 2. The molecule has 1 fully saturated rings. The van der Waals surface area contributed by atoms with Crippen LogP contribution in [0.25, 0.3) is 5.52 Å². The predicted molar refractivity (Wildman–Crippen MR) is 61.0 cm³/mol. The summed E-state index contributed by atoms with van der Waals surface area (Å²) in [5.74, 6) is 0. The van der Waals surface area contributed by atoms with Crippen LogP contribution in [0, 0.1) is 0 Å². The fraction of sp³-hybridized carbons (Fsp3) is 0.364. The van der Waals surface area contributed by atoms with Crippen LogP contribution in [0.5, 0.6) is 0 Å². The molecule has 0 atom stereocenters. The normalized spacial score (nSPS) is 36.9. The maximum Gasteiger partial charge on any atom is 0.264 e. The predicted octanol–water partition coefficient (Wildman–Crippen LogP) is 0.464. The molecule has 0 aliphatic carbocycles. The molecule has 1 aliphatic heterocycles. The molecule has 1 aliphatic rings. The summed E-state index contributed by atoms with van der Waals surface area (Å²) in [5.41, 5.74) is -0.157. The van der Waals surface area contributed by atoms with Crippen molar-refractivity contribution in [1.29, 1.82) is 0 Å². The van der Waals surface area contributed by atoms with Gasteiger partial charge in [-0.1, -0.05) is 0 Å². The first-order chi connectivity index (χ1) is 10.8. The molecule has 2 aromatic heterocycles. The number of hydrogen-bond acceptors (Lipinski definition) is 3. The fourth-order valence-electron chi connectivity index (χ4n) is 1.45. The van der Waals surface area contributed by atoms with Crippen LogP contribution < -0.4 is 10.5 Å². The molecular weight excluding hydrogens is 206 g/mol. The third-order valence-electron chi connectivity index (χ3n) is 2.15. The fourth-order valence-corrected chi connectivity index (χ4v) is 1.45. The summed E-state index contributed by atoms with van der Waals surface area (Å²) in [5, 5.41) is 2.40. The Morgan fingerprint density at radius 2 is 2.19 bits per heavy atom. The Morgan fingerprint density at radius 3 is 3.00 bits per heavy atom. The van der Waals surface area contributed by atoms with E-state index in [1.165, 1.54) is 28.9 Å². The molecule has 16 heavy (non-hydrogen) atoms. The average molecular weight is 227 g/mol. The number of pyridine rings is 1. The zero-order chi connectivity index (χ0) is 18.1. The second-order valence-corrected chi connectivity index (χ2v) is 3.17. The van der Waals surface area contributed by atoms with Crippen molar-refractivity contribution in [2.75, 3.05) is 31.0 Å². The highest BCUT2D eigenvalue weighted by Gasteiger charge is 2.11. The maximum atomic E-state index is 11.4. The summed E-state index contributed by atoms with van der Waals surface area (Å²) < 4.78 is 68.2. The van der Waals surface area contributed by atoms with Crippen LogP contribution in [0.1, 0.15) is 11.0 Å². The number of anilines is 1. The number of hydrogen-bond donors (Lipinski definition) is 1. The van der Waals surface area contributed by atoms with Gasteiger partial charge in [0.05, 0.1) is 41.5 Å². The lowest BCUT2D eigenvalue weighted by molar-refractivity contribution is 0.122. The molecule has 3 rings (SSSR count). The highest BCUT2D eigenvalue weighted by molar-refractivity contribution is 5.54. The molecular formula is C11H13N3O2. The summed E-state index contributed by atoms with van der Waals surface area (Å²) in [4.78, 5) is 11.7. The number of aromatic amines is 1. The van der Waals surface area contributed by atoms with Crippen LogP contribution in [0.4, 0.5) is 5.69 Å². The van der Waals surface area contributed by atoms with Gasteiger partial charge in [0.25, 0.3) is 5.56 Å². The standard InChI is InChI=1S/C11H13N3O2/c15-11-7-9-1-2-10(8-14(9)12-11)13-3-5-16-6-4-13/h1-2,7-8H,3-6H2,(H,12,15)/i3D2,4D2,5D2,6D2. The maximum absolute atomic E-state index is 11.4. The first-order valence-electron chi connectivity index (χ1n) is 8.52. The number of morpholine rings is 1. The van der Waals surface area contributed by atoms with E-state index in [4.69, 9.17) is 11.0 Å². The van der Waals surface area contributed by atoms with E-state index in [0.717, 1.165) is 0 Å². The Labute approximate surface area is 103 Å². The van der Waals surface area contributed by atoms with E-state index in [9.17, 15) is 4.79 Å². The molecule has 0 spiro atoms. The summed E-state index contributed by atoms with van der Waals surface area (Å²) in [6, 6.07) is 3.95. The lowest BCUT2D eigenvalue weighted by atomic mass is 10.3. The Bertz CT molecular complexity index is 832. The molecule has 1 N–H and O–H groups in total. The van der Waals surface area contributed by atoms with Crippen molar-refractivity contribution in [2.45, 2.75) is 0 Å². The molecule has 0 bridgehead atoms. The van der Waals surface area contributed by atoms with E-state index >= 15 is 0 Å². The average Bonchev–Trinajstić information content (AvgIpc) is 2.74. The third-order valence-corrected chi connectivity index (χ3v) is 2.15. The van der Waals surface area contributed by atoms with Crippen LogP contribution in [0.2, 0.25) is 0 Å². The lowest BCUT2D eigenvalue weighted by Crippen LogP contribution is -2.36. The van der Waals surface area contributed by atoms with Crippen LogP contribution in [0.3, 0.4) is 0 Å². The number of nitrogens with one attached hydrogen (secondary N) is 1. The molecule has 1 saturated heterocycles. The van der Waals surface area contributed by atoms with Crippen LogP contribution in [0.15, 0.2) is 29.2 Å². The molecule has 5 heteroatoms. The minimum absolute atomic E-state index is 0.166. The van der Waals surface area contributed by atoms with Gasteiger partial charge < -0.3 is 9.64 Å². The molecule has 3 heterocycles. The van der Waals surface area contributed by atoms with Gasteiger partial charge in [-0.15, -0.1) is 0 Å². The van der Waals surface area contributed by atoms with Gasteiger partial charge in [0.1, 0.15) is 0 Å². The summed E-state index contributed by atoms with van der Waals surface area (Å²) in [6.07, 6.45) is 1.18. The number of rotatable bonds is 1. The molecule has 84 valence electrons. The van der Waals surface area contributed by atoms with Gasteiger partial charge in [0, 0.05) is 19.1 Å². The van der Waals surface area contributed by atoms with Gasteiger partial charge in [-0.3, -0.25) is 14.4 Å². The van der Waals surface area contributed by atoms with Gasteiger partial charge in [0.2, 0.25) is 0 Å². The van der Waals surface area contributed by atoms with Gasteiger partial charge in [-0.25, -0.2) is 0 Å². The van der Waals surface area contributed by atoms with Crippen molar-refractivity contribution >= 4 is 11.2 Å². The Morgan fingerprint density at radius 1 is 1.38 bits per heavy atom. The summed E-state index contributed by atoms with van der Waals surface area (Å²) in [6.45, 7) is -12.3. The second-order valence-electron chi connectivity index (χ2n) is 3.17. The van der Waals surface area contributed by atoms with Crippen LogP contribution >= 0.6 is 0 Å². The first-order valence-corrected chi connectivity index (χ1v) is 4.52. The molecule has 0 radical (unpaired) electrons. The second kappa shape index (κ2) is 3.68. The monoisotopic (exact) mass is 227 g/mol. The minimum Gasteiger partial charge on any atom is -0.378 e. The van der Waals surface area contributed by atoms with E-state index < -0.39 is 31.7 Å². The quantitative estimate of drug-likeness (QED) is 0.770. The van der Waals surface area contributed by atoms with E-state index in [1.54, 1.807) is 0 Å². The van der Waals surface area contributed by atoms with E-state index in [0.29, 0.717) is 10.4 Å². The van der Waals surface area contributed by atoms with E-state index in [2.05, 4.69) is 9.84 Å². The van der Waals surface area contributed by atoms with Crippen molar-refractivity contribution in [2.24, 2.45) is 0 Å². The summed E-state index contributed by atoms with van der Waals surface area (Å²) in [7, 11) is 0. The largest absolute Gasteiger partial charge is 0.378 e. The molecule has 0 aromatic carbocycles. The van der Waals surface area contributed by atoms with Crippen molar-refractivity contribution < 1.29 is 15.7 Å². The molecule has 0 saturated carbocycles. The van der Waals surface area contributed by atoms with Crippen molar-refractivity contribution in [3.8, 4) is 0 Å². The van der Waals surface area contributed by atoms with Crippen LogP contribution in [-0.4, -0.2) is 35.7 Å². The molecule has 5 nitrogen and oxygen atoms in total. The van der Waals surface area contributed by atoms with Gasteiger partial charge in [-0.2, -0.15) is 0 Å². The minimum atomic E-state index is -3.12. The van der Waals surface area contributed by atoms with E-state index in [-0.39, 0.29) is 5.69 Å². The highest BCUT2D eigenvalue weighted by Crippen LogP contribution is 2.15. The molecule has 0 amide bonds. The molecule has 2 aromatic rings. The third kappa shape index (κ3) is 1.59. The van der Waals surface area contributed by atoms with Crippen molar-refractivity contribution in [1.82, 2.24) is 9.61 Å². The zero-order valence-corrected chi connectivity index (χ0v) is 8.02. The van der Waals surface area contributed by atoms with Gasteiger partial charge in [0.15, 0.2) is 0 Å². The number of nitrogens with zero attached hydrogens (tertiary/aromatic N) is 2. The first kappa shape index (κ1) is 4.25. The number of fused-ring (bicyclic) bond motifs is 1. The topological polar surface area (TPSA) is 49.7 Å². The smallest absolute Gasteiger partial charge is 0.264 e. The van der Waals surface area contributed by atoms with Crippen molar-refractivity contribution in [3.05, 3.63) is 34.7 Å². The summed E-state index contributed by atoms with van der Waals surface area (Å²) >= 11 is 0.